The first-order valence-electron chi connectivity index (χ1n) is 8.63. The van der Waals surface area contributed by atoms with Crippen LogP contribution in [0.4, 0.5) is 5.69 Å². The van der Waals surface area contributed by atoms with Gasteiger partial charge in [0.25, 0.3) is 5.91 Å². The molecule has 0 aromatic heterocycles. The lowest BCUT2D eigenvalue weighted by atomic mass is 10.2. The molecule has 2 aromatic carbocycles. The van der Waals surface area contributed by atoms with Crippen LogP contribution in [0.5, 0.6) is 11.5 Å². The van der Waals surface area contributed by atoms with Gasteiger partial charge in [0.1, 0.15) is 18.1 Å². The van der Waals surface area contributed by atoms with Crippen molar-refractivity contribution in [3.8, 4) is 11.5 Å². The zero-order valence-corrected chi connectivity index (χ0v) is 14.4. The summed E-state index contributed by atoms with van der Waals surface area (Å²) < 4.78 is 16.8. The molecular formula is C20H23NO4. The predicted molar refractivity (Wildman–Crippen MR) is 96.5 cm³/mol. The molecule has 1 heterocycles. The Morgan fingerprint density at radius 1 is 1.16 bits per heavy atom. The molecule has 1 fully saturated rings. The molecular weight excluding hydrogens is 318 g/mol. The van der Waals surface area contributed by atoms with Crippen LogP contribution >= 0.6 is 0 Å². The fourth-order valence-electron chi connectivity index (χ4n) is 2.73. The SMILES string of the molecule is CCOc1cccc(C(=O)Nc2cccc(OCC3CCCO3)c2)c1. The third-order valence-corrected chi connectivity index (χ3v) is 3.96. The van der Waals surface area contributed by atoms with Gasteiger partial charge in [-0.1, -0.05) is 12.1 Å². The molecule has 2 aromatic rings. The van der Waals surface area contributed by atoms with Crippen LogP contribution in [0.3, 0.4) is 0 Å². The Kier molecular flexibility index (Phi) is 5.90. The lowest BCUT2D eigenvalue weighted by Crippen LogP contribution is -2.16. The summed E-state index contributed by atoms with van der Waals surface area (Å²) in [6.45, 7) is 3.82. The molecule has 1 aliphatic rings. The van der Waals surface area contributed by atoms with E-state index in [9.17, 15) is 4.79 Å². The molecule has 1 N–H and O–H groups in total. The smallest absolute Gasteiger partial charge is 0.255 e. The zero-order chi connectivity index (χ0) is 17.5. The second kappa shape index (κ2) is 8.53. The second-order valence-corrected chi connectivity index (χ2v) is 5.89. The minimum atomic E-state index is -0.183. The average molecular weight is 341 g/mol. The highest BCUT2D eigenvalue weighted by molar-refractivity contribution is 6.04. The van der Waals surface area contributed by atoms with Gasteiger partial charge in [-0.05, 0) is 50.1 Å². The van der Waals surface area contributed by atoms with E-state index in [4.69, 9.17) is 14.2 Å². The van der Waals surface area contributed by atoms with Crippen molar-refractivity contribution >= 4 is 11.6 Å². The molecule has 1 amide bonds. The monoisotopic (exact) mass is 341 g/mol. The molecule has 3 rings (SSSR count). The molecule has 25 heavy (non-hydrogen) atoms. The molecule has 0 saturated carbocycles. The van der Waals surface area contributed by atoms with E-state index in [0.717, 1.165) is 25.2 Å². The maximum atomic E-state index is 12.4. The van der Waals surface area contributed by atoms with E-state index in [0.29, 0.717) is 30.2 Å². The molecule has 1 saturated heterocycles. The summed E-state index contributed by atoms with van der Waals surface area (Å²) in [4.78, 5) is 12.4. The Morgan fingerprint density at radius 3 is 2.72 bits per heavy atom. The van der Waals surface area contributed by atoms with Gasteiger partial charge in [-0.3, -0.25) is 4.79 Å². The summed E-state index contributed by atoms with van der Waals surface area (Å²) in [5.41, 5.74) is 1.24. The summed E-state index contributed by atoms with van der Waals surface area (Å²) in [5, 5.41) is 2.89. The molecule has 1 unspecified atom stereocenters. The van der Waals surface area contributed by atoms with Crippen LogP contribution in [0.25, 0.3) is 0 Å². The lowest BCUT2D eigenvalue weighted by molar-refractivity contribution is 0.0680. The Morgan fingerprint density at radius 2 is 1.96 bits per heavy atom. The number of benzene rings is 2. The Hall–Kier alpha value is -2.53. The van der Waals surface area contributed by atoms with Gasteiger partial charge in [0, 0.05) is 23.9 Å². The van der Waals surface area contributed by atoms with Gasteiger partial charge in [-0.25, -0.2) is 0 Å². The van der Waals surface area contributed by atoms with Crippen molar-refractivity contribution in [2.45, 2.75) is 25.9 Å². The fourth-order valence-corrected chi connectivity index (χ4v) is 2.73. The fraction of sp³-hybridized carbons (Fsp3) is 0.350. The molecule has 0 bridgehead atoms. The normalized spacial score (nSPS) is 16.4. The molecule has 5 heteroatoms. The van der Waals surface area contributed by atoms with Gasteiger partial charge in [0.15, 0.2) is 0 Å². The molecule has 0 radical (unpaired) electrons. The number of anilines is 1. The molecule has 5 nitrogen and oxygen atoms in total. The van der Waals surface area contributed by atoms with E-state index in [1.54, 1.807) is 18.2 Å². The van der Waals surface area contributed by atoms with Gasteiger partial charge >= 0.3 is 0 Å². The average Bonchev–Trinajstić information content (AvgIpc) is 3.14. The lowest BCUT2D eigenvalue weighted by Gasteiger charge is -2.13. The first-order chi connectivity index (χ1) is 12.2. The van der Waals surface area contributed by atoms with Crippen LogP contribution in [0.1, 0.15) is 30.1 Å². The van der Waals surface area contributed by atoms with E-state index in [2.05, 4.69) is 5.32 Å². The summed E-state index contributed by atoms with van der Waals surface area (Å²) in [7, 11) is 0. The van der Waals surface area contributed by atoms with Gasteiger partial charge in [-0.15, -0.1) is 0 Å². The highest BCUT2D eigenvalue weighted by Gasteiger charge is 2.16. The van der Waals surface area contributed by atoms with E-state index in [1.807, 2.05) is 37.3 Å². The van der Waals surface area contributed by atoms with Gasteiger partial charge < -0.3 is 19.5 Å². The number of hydrogen-bond donors (Lipinski definition) is 1. The zero-order valence-electron chi connectivity index (χ0n) is 14.4. The van der Waals surface area contributed by atoms with Crippen molar-refractivity contribution in [3.63, 3.8) is 0 Å². The van der Waals surface area contributed by atoms with Crippen molar-refractivity contribution in [2.75, 3.05) is 25.1 Å². The standard InChI is InChI=1S/C20H23NO4/c1-2-23-17-8-3-6-15(12-17)20(22)21-16-7-4-9-18(13-16)25-14-19-10-5-11-24-19/h3-4,6-9,12-13,19H,2,5,10-11,14H2,1H3,(H,21,22). The van der Waals surface area contributed by atoms with E-state index < -0.39 is 0 Å². The van der Waals surface area contributed by atoms with Crippen molar-refractivity contribution in [1.82, 2.24) is 0 Å². The largest absolute Gasteiger partial charge is 0.494 e. The summed E-state index contributed by atoms with van der Waals surface area (Å²) in [6, 6.07) is 14.5. The Labute approximate surface area is 147 Å². The van der Waals surface area contributed by atoms with Crippen LogP contribution in [-0.2, 0) is 4.74 Å². The Balaban J connectivity index is 1.60. The third kappa shape index (κ3) is 4.97. The first kappa shape index (κ1) is 17.3. The number of ether oxygens (including phenoxy) is 3. The molecule has 1 atom stereocenters. The number of rotatable bonds is 7. The topological polar surface area (TPSA) is 56.8 Å². The summed E-state index contributed by atoms with van der Waals surface area (Å²) >= 11 is 0. The second-order valence-electron chi connectivity index (χ2n) is 5.89. The van der Waals surface area contributed by atoms with Crippen LogP contribution in [0.2, 0.25) is 0 Å². The number of amides is 1. The summed E-state index contributed by atoms with van der Waals surface area (Å²) in [5.74, 6) is 1.22. The maximum Gasteiger partial charge on any atom is 0.255 e. The number of hydrogen-bond acceptors (Lipinski definition) is 4. The number of nitrogens with one attached hydrogen (secondary N) is 1. The molecule has 132 valence electrons. The van der Waals surface area contributed by atoms with Crippen LogP contribution in [0.15, 0.2) is 48.5 Å². The minimum Gasteiger partial charge on any atom is -0.494 e. The molecule has 0 aliphatic carbocycles. The van der Waals surface area contributed by atoms with Crippen LogP contribution in [0, 0.1) is 0 Å². The van der Waals surface area contributed by atoms with Crippen molar-refractivity contribution in [1.29, 1.82) is 0 Å². The molecule has 1 aliphatic heterocycles. The van der Waals surface area contributed by atoms with Crippen molar-refractivity contribution in [3.05, 3.63) is 54.1 Å². The van der Waals surface area contributed by atoms with Gasteiger partial charge in [0.2, 0.25) is 0 Å². The number of carbonyl (C=O) groups is 1. The minimum absolute atomic E-state index is 0.166. The summed E-state index contributed by atoms with van der Waals surface area (Å²) in [6.07, 6.45) is 2.29. The highest BCUT2D eigenvalue weighted by atomic mass is 16.5. The van der Waals surface area contributed by atoms with Crippen LogP contribution in [-0.4, -0.2) is 31.8 Å². The third-order valence-electron chi connectivity index (χ3n) is 3.96. The van der Waals surface area contributed by atoms with Gasteiger partial charge in [0.05, 0.1) is 12.7 Å². The van der Waals surface area contributed by atoms with E-state index in [1.165, 1.54) is 0 Å². The quantitative estimate of drug-likeness (QED) is 0.830. The first-order valence-corrected chi connectivity index (χ1v) is 8.63. The van der Waals surface area contributed by atoms with E-state index in [-0.39, 0.29) is 12.0 Å². The maximum absolute atomic E-state index is 12.4. The number of carbonyl (C=O) groups excluding carboxylic acids is 1. The van der Waals surface area contributed by atoms with Crippen molar-refractivity contribution in [2.24, 2.45) is 0 Å². The molecule has 0 spiro atoms. The highest BCUT2D eigenvalue weighted by Crippen LogP contribution is 2.21. The predicted octanol–water partition coefficient (Wildman–Crippen LogP) is 3.90. The van der Waals surface area contributed by atoms with Gasteiger partial charge in [-0.2, -0.15) is 0 Å². The van der Waals surface area contributed by atoms with E-state index >= 15 is 0 Å². The Bertz CT molecular complexity index is 710. The van der Waals surface area contributed by atoms with Crippen LogP contribution < -0.4 is 14.8 Å². The van der Waals surface area contributed by atoms with Crippen molar-refractivity contribution < 1.29 is 19.0 Å².